The molecule has 2 N–H and O–H groups in total. The molecule has 1 aromatic rings. The molecule has 0 spiro atoms. The summed E-state index contributed by atoms with van der Waals surface area (Å²) in [7, 11) is 1.62. The molecular weight excluding hydrogens is 302 g/mol. The standard InChI is InChI=1S/C19H29N3O2/c1-14-6-4-7-15(2)22(14)11-10-18(23)21-17-9-5-8-16(12-17)13-19(24)20-3/h5,8-9,12,14-15H,4,6-7,10-11,13H2,1-3H3,(H,20,24)(H,21,23). The quantitative estimate of drug-likeness (QED) is 0.842. The van der Waals surface area contributed by atoms with Crippen LogP contribution in [0.2, 0.25) is 0 Å². The van der Waals surface area contributed by atoms with Gasteiger partial charge in [0, 0.05) is 37.8 Å². The van der Waals surface area contributed by atoms with E-state index in [0.717, 1.165) is 17.8 Å². The third-order valence-corrected chi connectivity index (χ3v) is 4.83. The molecule has 0 aliphatic carbocycles. The summed E-state index contributed by atoms with van der Waals surface area (Å²) in [4.78, 5) is 26.1. The average molecular weight is 331 g/mol. The van der Waals surface area contributed by atoms with E-state index < -0.39 is 0 Å². The molecular formula is C19H29N3O2. The number of likely N-dealkylation sites (N-methyl/N-ethyl adjacent to an activating group) is 1. The van der Waals surface area contributed by atoms with E-state index in [9.17, 15) is 9.59 Å². The number of benzene rings is 1. The van der Waals surface area contributed by atoms with Crippen molar-refractivity contribution in [2.24, 2.45) is 0 Å². The maximum Gasteiger partial charge on any atom is 0.225 e. The van der Waals surface area contributed by atoms with E-state index in [1.807, 2.05) is 24.3 Å². The van der Waals surface area contributed by atoms with Crippen molar-refractivity contribution < 1.29 is 9.59 Å². The second-order valence-electron chi connectivity index (χ2n) is 6.72. The summed E-state index contributed by atoms with van der Waals surface area (Å²) in [5, 5.41) is 5.55. The molecule has 1 aliphatic rings. The third-order valence-electron chi connectivity index (χ3n) is 4.83. The Hall–Kier alpha value is -1.88. The molecule has 2 atom stereocenters. The molecule has 0 bridgehead atoms. The summed E-state index contributed by atoms with van der Waals surface area (Å²) in [5.41, 5.74) is 1.64. The molecule has 1 fully saturated rings. The maximum absolute atomic E-state index is 12.2. The zero-order valence-corrected chi connectivity index (χ0v) is 15.0. The first-order chi connectivity index (χ1) is 11.5. The van der Waals surface area contributed by atoms with Crippen molar-refractivity contribution in [1.29, 1.82) is 0 Å². The van der Waals surface area contributed by atoms with Gasteiger partial charge in [-0.3, -0.25) is 14.5 Å². The van der Waals surface area contributed by atoms with Gasteiger partial charge in [-0.1, -0.05) is 18.6 Å². The minimum Gasteiger partial charge on any atom is -0.359 e. The SMILES string of the molecule is CNC(=O)Cc1cccc(NC(=O)CCN2C(C)CCCC2C)c1. The van der Waals surface area contributed by atoms with Crippen LogP contribution in [-0.2, 0) is 16.0 Å². The Bertz CT molecular complexity index is 563. The number of nitrogens with zero attached hydrogens (tertiary/aromatic N) is 1. The number of anilines is 1. The highest BCUT2D eigenvalue weighted by Gasteiger charge is 2.24. The Kier molecular flexibility index (Phi) is 6.79. The van der Waals surface area contributed by atoms with Gasteiger partial charge in [0.25, 0.3) is 0 Å². The van der Waals surface area contributed by atoms with E-state index in [4.69, 9.17) is 0 Å². The highest BCUT2D eigenvalue weighted by atomic mass is 16.2. The van der Waals surface area contributed by atoms with Gasteiger partial charge in [-0.05, 0) is 44.4 Å². The van der Waals surface area contributed by atoms with Crippen LogP contribution in [0.5, 0.6) is 0 Å². The fourth-order valence-corrected chi connectivity index (χ4v) is 3.40. The molecule has 1 aromatic carbocycles. The fraction of sp³-hybridized carbons (Fsp3) is 0.579. The van der Waals surface area contributed by atoms with Gasteiger partial charge < -0.3 is 10.6 Å². The first-order valence-corrected chi connectivity index (χ1v) is 8.84. The van der Waals surface area contributed by atoms with Gasteiger partial charge in [-0.2, -0.15) is 0 Å². The minimum absolute atomic E-state index is 0.0251. The van der Waals surface area contributed by atoms with E-state index >= 15 is 0 Å². The number of hydrogen-bond donors (Lipinski definition) is 2. The number of carbonyl (C=O) groups excluding carboxylic acids is 2. The van der Waals surface area contributed by atoms with E-state index in [1.54, 1.807) is 7.05 Å². The number of nitrogens with one attached hydrogen (secondary N) is 2. The lowest BCUT2D eigenvalue weighted by molar-refractivity contribution is -0.120. The molecule has 2 unspecified atom stereocenters. The molecule has 0 radical (unpaired) electrons. The Morgan fingerprint density at radius 2 is 1.88 bits per heavy atom. The largest absolute Gasteiger partial charge is 0.359 e. The number of piperidine rings is 1. The summed E-state index contributed by atoms with van der Waals surface area (Å²) < 4.78 is 0. The minimum atomic E-state index is -0.0356. The third kappa shape index (κ3) is 5.34. The molecule has 0 aromatic heterocycles. The lowest BCUT2D eigenvalue weighted by atomic mass is 9.97. The number of rotatable bonds is 6. The first kappa shape index (κ1) is 18.5. The van der Waals surface area contributed by atoms with E-state index in [0.29, 0.717) is 24.9 Å². The summed E-state index contributed by atoms with van der Waals surface area (Å²) in [6.45, 7) is 5.29. The van der Waals surface area contributed by atoms with Crippen molar-refractivity contribution in [1.82, 2.24) is 10.2 Å². The van der Waals surface area contributed by atoms with Gasteiger partial charge >= 0.3 is 0 Å². The van der Waals surface area contributed by atoms with E-state index in [2.05, 4.69) is 29.4 Å². The Morgan fingerprint density at radius 3 is 2.54 bits per heavy atom. The van der Waals surface area contributed by atoms with Crippen LogP contribution in [0.4, 0.5) is 5.69 Å². The van der Waals surface area contributed by atoms with Gasteiger partial charge in [0.05, 0.1) is 6.42 Å². The van der Waals surface area contributed by atoms with Crippen LogP contribution < -0.4 is 10.6 Å². The van der Waals surface area contributed by atoms with Gasteiger partial charge in [-0.25, -0.2) is 0 Å². The number of hydrogen-bond acceptors (Lipinski definition) is 3. The number of likely N-dealkylation sites (tertiary alicyclic amines) is 1. The molecule has 132 valence electrons. The molecule has 24 heavy (non-hydrogen) atoms. The average Bonchev–Trinajstić information content (AvgIpc) is 2.54. The zero-order valence-electron chi connectivity index (χ0n) is 15.0. The predicted octanol–water partition coefficient (Wildman–Crippen LogP) is 2.57. The van der Waals surface area contributed by atoms with Crippen molar-refractivity contribution in [2.75, 3.05) is 18.9 Å². The Labute approximate surface area is 144 Å². The lowest BCUT2D eigenvalue weighted by Crippen LogP contribution is -2.44. The van der Waals surface area contributed by atoms with Gasteiger partial charge in [0.2, 0.25) is 11.8 Å². The molecule has 0 saturated carbocycles. The molecule has 1 aliphatic heterocycles. The summed E-state index contributed by atoms with van der Waals surface area (Å²) in [6, 6.07) is 8.58. The van der Waals surface area contributed by atoms with E-state index in [1.165, 1.54) is 19.3 Å². The zero-order chi connectivity index (χ0) is 17.5. The highest BCUT2D eigenvalue weighted by Crippen LogP contribution is 2.22. The smallest absolute Gasteiger partial charge is 0.225 e. The van der Waals surface area contributed by atoms with Crippen molar-refractivity contribution >= 4 is 17.5 Å². The summed E-state index contributed by atoms with van der Waals surface area (Å²) >= 11 is 0. The van der Waals surface area contributed by atoms with Crippen LogP contribution in [0.1, 0.15) is 45.1 Å². The topological polar surface area (TPSA) is 61.4 Å². The second kappa shape index (κ2) is 8.83. The lowest BCUT2D eigenvalue weighted by Gasteiger charge is -2.38. The van der Waals surface area contributed by atoms with Gasteiger partial charge in [0.15, 0.2) is 0 Å². The monoisotopic (exact) mass is 331 g/mol. The molecule has 5 nitrogen and oxygen atoms in total. The molecule has 5 heteroatoms. The van der Waals surface area contributed by atoms with Crippen LogP contribution in [0, 0.1) is 0 Å². The van der Waals surface area contributed by atoms with Crippen LogP contribution in [0.3, 0.4) is 0 Å². The van der Waals surface area contributed by atoms with Crippen LogP contribution >= 0.6 is 0 Å². The molecule has 1 heterocycles. The predicted molar refractivity (Wildman–Crippen MR) is 96.9 cm³/mol. The summed E-state index contributed by atoms with van der Waals surface area (Å²) in [6.07, 6.45) is 4.53. The fourth-order valence-electron chi connectivity index (χ4n) is 3.40. The van der Waals surface area contributed by atoms with Crippen molar-refractivity contribution in [3.05, 3.63) is 29.8 Å². The Balaban J connectivity index is 1.85. The van der Waals surface area contributed by atoms with Crippen molar-refractivity contribution in [3.8, 4) is 0 Å². The number of carbonyl (C=O) groups is 2. The molecule has 2 rings (SSSR count). The van der Waals surface area contributed by atoms with E-state index in [-0.39, 0.29) is 11.8 Å². The van der Waals surface area contributed by atoms with Gasteiger partial charge in [-0.15, -0.1) is 0 Å². The normalized spacial score (nSPS) is 21.3. The van der Waals surface area contributed by atoms with Crippen LogP contribution in [-0.4, -0.2) is 42.4 Å². The van der Waals surface area contributed by atoms with Crippen molar-refractivity contribution in [3.63, 3.8) is 0 Å². The van der Waals surface area contributed by atoms with Gasteiger partial charge in [0.1, 0.15) is 0 Å². The molecule has 2 amide bonds. The molecule has 1 saturated heterocycles. The highest BCUT2D eigenvalue weighted by molar-refractivity contribution is 5.91. The van der Waals surface area contributed by atoms with Crippen molar-refractivity contribution in [2.45, 2.75) is 58.0 Å². The van der Waals surface area contributed by atoms with Crippen LogP contribution in [0.15, 0.2) is 24.3 Å². The van der Waals surface area contributed by atoms with Crippen LogP contribution in [0.25, 0.3) is 0 Å². The Morgan fingerprint density at radius 1 is 1.17 bits per heavy atom. The maximum atomic E-state index is 12.2. The first-order valence-electron chi connectivity index (χ1n) is 8.84. The second-order valence-corrected chi connectivity index (χ2v) is 6.72. The summed E-state index contributed by atoms with van der Waals surface area (Å²) in [5.74, 6) is -0.0105. The number of amides is 2.